The smallest absolute Gasteiger partial charge is 0.317 e. The van der Waals surface area contributed by atoms with Gasteiger partial charge in [0.25, 0.3) is 0 Å². The van der Waals surface area contributed by atoms with Gasteiger partial charge in [0, 0.05) is 19.6 Å². The summed E-state index contributed by atoms with van der Waals surface area (Å²) in [6, 6.07) is 8.19. The Hall–Kier alpha value is -1.57. The van der Waals surface area contributed by atoms with E-state index in [-0.39, 0.29) is 23.8 Å². The summed E-state index contributed by atoms with van der Waals surface area (Å²) in [5, 5.41) is 8.73. The molecule has 136 valence electrons. The SMILES string of the molecule is CN(CC(=O)O)C[C@@H]1CN(C(=O)[C@H]2SCCc3ccccc32)CCO1. The minimum absolute atomic E-state index is 0.0281. The number of morpholine rings is 1. The van der Waals surface area contributed by atoms with Gasteiger partial charge in [-0.05, 0) is 30.3 Å². The summed E-state index contributed by atoms with van der Waals surface area (Å²) in [6.45, 7) is 2.08. The van der Waals surface area contributed by atoms with Crippen LogP contribution in [0.25, 0.3) is 0 Å². The van der Waals surface area contributed by atoms with Crippen molar-refractivity contribution in [3.63, 3.8) is 0 Å². The molecule has 1 fully saturated rings. The van der Waals surface area contributed by atoms with Crippen molar-refractivity contribution in [1.82, 2.24) is 9.80 Å². The molecule has 7 heteroatoms. The summed E-state index contributed by atoms with van der Waals surface area (Å²) in [5.74, 6) is 0.246. The molecule has 0 bridgehead atoms. The van der Waals surface area contributed by atoms with Gasteiger partial charge < -0.3 is 14.7 Å². The minimum atomic E-state index is -0.860. The third-order valence-electron chi connectivity index (χ3n) is 4.59. The van der Waals surface area contributed by atoms with Gasteiger partial charge in [0.1, 0.15) is 5.25 Å². The van der Waals surface area contributed by atoms with Crippen LogP contribution in [-0.2, 0) is 20.7 Å². The molecule has 1 saturated heterocycles. The molecule has 0 unspecified atom stereocenters. The number of nitrogens with zero attached hydrogens (tertiary/aromatic N) is 2. The van der Waals surface area contributed by atoms with Crippen LogP contribution in [-0.4, -0.2) is 78.5 Å². The van der Waals surface area contributed by atoms with Gasteiger partial charge in [0.2, 0.25) is 5.91 Å². The van der Waals surface area contributed by atoms with Crippen LogP contribution in [0.4, 0.5) is 0 Å². The van der Waals surface area contributed by atoms with Gasteiger partial charge in [-0.2, -0.15) is 0 Å². The lowest BCUT2D eigenvalue weighted by Crippen LogP contribution is -2.50. The fourth-order valence-corrected chi connectivity index (χ4v) is 4.71. The highest BCUT2D eigenvalue weighted by molar-refractivity contribution is 8.00. The molecular weight excluding hydrogens is 340 g/mol. The highest BCUT2D eigenvalue weighted by Crippen LogP contribution is 2.38. The van der Waals surface area contributed by atoms with E-state index < -0.39 is 5.97 Å². The maximum Gasteiger partial charge on any atom is 0.317 e. The van der Waals surface area contributed by atoms with Gasteiger partial charge in [-0.1, -0.05) is 24.3 Å². The van der Waals surface area contributed by atoms with E-state index in [4.69, 9.17) is 9.84 Å². The molecule has 1 aromatic rings. The molecule has 2 aliphatic heterocycles. The second-order valence-electron chi connectivity index (χ2n) is 6.57. The standard InChI is InChI=1S/C18H24N2O4S/c1-19(12-16(21)22)10-14-11-20(7-8-24-14)18(23)17-15-5-3-2-4-13(15)6-9-25-17/h2-5,14,17H,6-12H2,1H3,(H,21,22)/t14-,17+/m1/s1. The molecule has 0 aromatic heterocycles. The number of fused-ring (bicyclic) bond motifs is 1. The van der Waals surface area contributed by atoms with Crippen molar-refractivity contribution in [2.24, 2.45) is 0 Å². The number of hydrogen-bond donors (Lipinski definition) is 1. The Morgan fingerprint density at radius 1 is 1.40 bits per heavy atom. The van der Waals surface area contributed by atoms with Crippen LogP contribution in [0.15, 0.2) is 24.3 Å². The Morgan fingerprint density at radius 2 is 2.20 bits per heavy atom. The summed E-state index contributed by atoms with van der Waals surface area (Å²) in [6.07, 6.45) is 0.863. The van der Waals surface area contributed by atoms with Crippen LogP contribution in [0, 0.1) is 0 Å². The predicted octanol–water partition coefficient (Wildman–Crippen LogP) is 1.26. The monoisotopic (exact) mass is 364 g/mol. The summed E-state index contributed by atoms with van der Waals surface area (Å²) in [5.41, 5.74) is 2.40. The van der Waals surface area contributed by atoms with Crippen LogP contribution >= 0.6 is 11.8 Å². The fraction of sp³-hybridized carbons (Fsp3) is 0.556. The van der Waals surface area contributed by atoms with Crippen molar-refractivity contribution in [2.75, 3.05) is 45.6 Å². The van der Waals surface area contributed by atoms with Gasteiger partial charge in [-0.25, -0.2) is 0 Å². The molecule has 0 radical (unpaired) electrons. The zero-order valence-corrected chi connectivity index (χ0v) is 15.2. The second-order valence-corrected chi connectivity index (χ2v) is 7.78. The van der Waals surface area contributed by atoms with E-state index in [0.717, 1.165) is 17.7 Å². The van der Waals surface area contributed by atoms with E-state index in [2.05, 4.69) is 12.1 Å². The third kappa shape index (κ3) is 4.54. The number of hydrogen-bond acceptors (Lipinski definition) is 5. The lowest BCUT2D eigenvalue weighted by Gasteiger charge is -2.37. The zero-order valence-electron chi connectivity index (χ0n) is 14.4. The highest BCUT2D eigenvalue weighted by atomic mass is 32.2. The lowest BCUT2D eigenvalue weighted by molar-refractivity contribution is -0.142. The molecule has 0 aliphatic carbocycles. The van der Waals surface area contributed by atoms with Crippen LogP contribution in [0.5, 0.6) is 0 Å². The van der Waals surface area contributed by atoms with Crippen LogP contribution in [0.3, 0.4) is 0 Å². The Kier molecular flexibility index (Phi) is 5.98. The van der Waals surface area contributed by atoms with Crippen molar-refractivity contribution in [3.8, 4) is 0 Å². The first-order valence-corrected chi connectivity index (χ1v) is 9.59. The maximum atomic E-state index is 13.1. The molecule has 2 heterocycles. The van der Waals surface area contributed by atoms with Gasteiger partial charge >= 0.3 is 5.97 Å². The van der Waals surface area contributed by atoms with Crippen molar-refractivity contribution in [2.45, 2.75) is 17.8 Å². The number of rotatable bonds is 5. The number of carboxylic acid groups (broad SMARTS) is 1. The Bertz CT molecular complexity index is 639. The summed E-state index contributed by atoms with van der Waals surface area (Å²) >= 11 is 1.71. The van der Waals surface area contributed by atoms with Crippen molar-refractivity contribution in [3.05, 3.63) is 35.4 Å². The van der Waals surface area contributed by atoms with Crippen molar-refractivity contribution < 1.29 is 19.4 Å². The summed E-state index contributed by atoms with van der Waals surface area (Å²) in [4.78, 5) is 27.5. The van der Waals surface area contributed by atoms with Gasteiger partial charge in [0.15, 0.2) is 0 Å². The first kappa shape index (κ1) is 18.2. The summed E-state index contributed by atoms with van der Waals surface area (Å²) in [7, 11) is 1.76. The van der Waals surface area contributed by atoms with Crippen LogP contribution in [0.1, 0.15) is 16.4 Å². The number of carbonyl (C=O) groups is 2. The molecule has 2 atom stereocenters. The number of carbonyl (C=O) groups excluding carboxylic acids is 1. The minimum Gasteiger partial charge on any atom is -0.480 e. The van der Waals surface area contributed by atoms with Crippen LogP contribution in [0.2, 0.25) is 0 Å². The van der Waals surface area contributed by atoms with E-state index in [1.807, 2.05) is 17.0 Å². The van der Waals surface area contributed by atoms with Crippen LogP contribution < -0.4 is 0 Å². The molecule has 0 saturated carbocycles. The number of aliphatic carboxylic acids is 1. The Morgan fingerprint density at radius 3 is 3.00 bits per heavy atom. The van der Waals surface area contributed by atoms with E-state index >= 15 is 0 Å². The average Bonchev–Trinajstić information content (AvgIpc) is 2.60. The average molecular weight is 364 g/mol. The molecule has 2 aliphatic rings. The third-order valence-corrected chi connectivity index (χ3v) is 5.82. The number of carboxylic acids is 1. The second kappa shape index (κ2) is 8.21. The van der Waals surface area contributed by atoms with E-state index in [1.165, 1.54) is 5.56 Å². The molecule has 6 nitrogen and oxygen atoms in total. The quantitative estimate of drug-likeness (QED) is 0.848. The topological polar surface area (TPSA) is 70.1 Å². The maximum absolute atomic E-state index is 13.1. The molecule has 1 aromatic carbocycles. The molecule has 0 spiro atoms. The molecule has 25 heavy (non-hydrogen) atoms. The Labute approximate surface area is 152 Å². The zero-order chi connectivity index (χ0) is 17.8. The van der Waals surface area contributed by atoms with E-state index in [0.29, 0.717) is 26.2 Å². The largest absolute Gasteiger partial charge is 0.480 e. The first-order chi connectivity index (χ1) is 12.0. The molecule has 1 N–H and O–H groups in total. The number of likely N-dealkylation sites (N-methyl/N-ethyl adjacent to an activating group) is 1. The molecule has 3 rings (SSSR count). The normalized spacial score (nSPS) is 23.4. The van der Waals surface area contributed by atoms with Gasteiger partial charge in [0.05, 0.1) is 19.3 Å². The number of aryl methyl sites for hydroxylation is 1. The van der Waals surface area contributed by atoms with E-state index in [1.54, 1.807) is 23.7 Å². The molecule has 1 amide bonds. The Balaban J connectivity index is 1.64. The van der Waals surface area contributed by atoms with Crippen molar-refractivity contribution >= 4 is 23.6 Å². The predicted molar refractivity (Wildman–Crippen MR) is 96.8 cm³/mol. The number of thioether (sulfide) groups is 1. The van der Waals surface area contributed by atoms with Gasteiger partial charge in [-0.3, -0.25) is 14.5 Å². The number of amides is 1. The molecular formula is C18H24N2O4S. The van der Waals surface area contributed by atoms with Crippen molar-refractivity contribution in [1.29, 1.82) is 0 Å². The van der Waals surface area contributed by atoms with Gasteiger partial charge in [-0.15, -0.1) is 11.8 Å². The summed E-state index contributed by atoms with van der Waals surface area (Å²) < 4.78 is 5.73. The fourth-order valence-electron chi connectivity index (χ4n) is 3.44. The van der Waals surface area contributed by atoms with E-state index in [9.17, 15) is 9.59 Å². The number of benzene rings is 1. The number of ether oxygens (including phenoxy) is 1. The lowest BCUT2D eigenvalue weighted by atomic mass is 10.0. The first-order valence-electron chi connectivity index (χ1n) is 8.54. The highest BCUT2D eigenvalue weighted by Gasteiger charge is 2.33.